The van der Waals surface area contributed by atoms with E-state index in [2.05, 4.69) is 9.82 Å². The van der Waals surface area contributed by atoms with Crippen LogP contribution < -0.4 is 9.46 Å². The van der Waals surface area contributed by atoms with E-state index in [1.54, 1.807) is 42.5 Å². The van der Waals surface area contributed by atoms with E-state index in [9.17, 15) is 16.8 Å². The Morgan fingerprint density at radius 2 is 1.79 bits per heavy atom. The van der Waals surface area contributed by atoms with Gasteiger partial charge in [0.2, 0.25) is 20.0 Å². The third kappa shape index (κ3) is 4.45. The Bertz CT molecular complexity index is 1130. The van der Waals surface area contributed by atoms with Crippen molar-refractivity contribution in [3.63, 3.8) is 0 Å². The molecular formula is C18H21N3O5S2. The van der Waals surface area contributed by atoms with E-state index in [-0.39, 0.29) is 0 Å². The Hall–Kier alpha value is -2.59. The van der Waals surface area contributed by atoms with Crippen molar-refractivity contribution >= 4 is 31.4 Å². The lowest BCUT2D eigenvalue weighted by Gasteiger charge is -2.21. The maximum Gasteiger partial charge on any atom is 0.247 e. The summed E-state index contributed by atoms with van der Waals surface area (Å²) in [5, 5.41) is 4.32. The molecular weight excluding hydrogens is 402 g/mol. The van der Waals surface area contributed by atoms with Gasteiger partial charge in [-0.2, -0.15) is 9.52 Å². The molecule has 0 spiro atoms. The molecule has 0 aromatic heterocycles. The molecule has 8 nitrogen and oxygen atoms in total. The lowest BCUT2D eigenvalue weighted by molar-refractivity contribution is 0.371. The Morgan fingerprint density at radius 1 is 1.07 bits per heavy atom. The summed E-state index contributed by atoms with van der Waals surface area (Å²) in [5.74, 6) is 0.610. The maximum atomic E-state index is 12.3. The number of methoxy groups -OCH3 is 1. The van der Waals surface area contributed by atoms with E-state index >= 15 is 0 Å². The highest BCUT2D eigenvalue weighted by molar-refractivity contribution is 7.92. The number of ether oxygens (including phenoxy) is 1. The van der Waals surface area contributed by atoms with Crippen molar-refractivity contribution in [3.8, 4) is 5.75 Å². The minimum atomic E-state index is -3.64. The summed E-state index contributed by atoms with van der Waals surface area (Å²) in [7, 11) is -5.60. The van der Waals surface area contributed by atoms with Gasteiger partial charge in [-0.1, -0.05) is 30.3 Å². The van der Waals surface area contributed by atoms with Crippen molar-refractivity contribution in [2.24, 2.45) is 5.10 Å². The molecule has 1 unspecified atom stereocenters. The second kappa shape index (κ2) is 7.44. The third-order valence-electron chi connectivity index (χ3n) is 4.22. The van der Waals surface area contributed by atoms with Crippen LogP contribution in [-0.4, -0.2) is 46.6 Å². The molecule has 2 aromatic carbocycles. The second-order valence-corrected chi connectivity index (χ2v) is 10.1. The summed E-state index contributed by atoms with van der Waals surface area (Å²) in [6, 6.07) is 13.3. The zero-order valence-electron chi connectivity index (χ0n) is 15.7. The molecule has 0 fully saturated rings. The Labute approximate surface area is 164 Å². The van der Waals surface area contributed by atoms with Gasteiger partial charge in [0.25, 0.3) is 0 Å². The predicted molar refractivity (Wildman–Crippen MR) is 108 cm³/mol. The lowest BCUT2D eigenvalue weighted by Crippen LogP contribution is -2.25. The summed E-state index contributed by atoms with van der Waals surface area (Å²) < 4.78 is 56.8. The fourth-order valence-electron chi connectivity index (χ4n) is 3.08. The van der Waals surface area contributed by atoms with Crippen LogP contribution >= 0.6 is 0 Å². The molecule has 1 atom stereocenters. The normalized spacial score (nSPS) is 17.3. The summed E-state index contributed by atoms with van der Waals surface area (Å²) in [6.07, 6.45) is 2.44. The quantitative estimate of drug-likeness (QED) is 0.767. The first-order valence-corrected chi connectivity index (χ1v) is 12.1. The molecule has 150 valence electrons. The fourth-order valence-corrected chi connectivity index (χ4v) is 4.56. The van der Waals surface area contributed by atoms with Gasteiger partial charge in [0, 0.05) is 12.0 Å². The Kier molecular flexibility index (Phi) is 5.35. The predicted octanol–water partition coefficient (Wildman–Crippen LogP) is 2.18. The van der Waals surface area contributed by atoms with Gasteiger partial charge in [-0.15, -0.1) is 0 Å². The summed E-state index contributed by atoms with van der Waals surface area (Å²) in [4.78, 5) is 0. The SMILES string of the molecule is COc1cccc(C2CC(c3ccccc3NS(C)(=O)=O)=NN2S(C)(=O)=O)c1. The molecule has 0 amide bonds. The van der Waals surface area contributed by atoms with E-state index in [4.69, 9.17) is 4.74 Å². The van der Waals surface area contributed by atoms with Gasteiger partial charge in [-0.25, -0.2) is 16.8 Å². The van der Waals surface area contributed by atoms with Gasteiger partial charge >= 0.3 is 0 Å². The van der Waals surface area contributed by atoms with Crippen molar-refractivity contribution in [3.05, 3.63) is 59.7 Å². The lowest BCUT2D eigenvalue weighted by atomic mass is 9.98. The average Bonchev–Trinajstić information content (AvgIpc) is 3.06. The van der Waals surface area contributed by atoms with Crippen LogP contribution in [0.2, 0.25) is 0 Å². The molecule has 1 heterocycles. The monoisotopic (exact) mass is 423 g/mol. The number of hydrazone groups is 1. The molecule has 0 aliphatic carbocycles. The second-order valence-electron chi connectivity index (χ2n) is 6.50. The highest BCUT2D eigenvalue weighted by Crippen LogP contribution is 2.37. The van der Waals surface area contributed by atoms with Crippen LogP contribution in [0.1, 0.15) is 23.6 Å². The molecule has 2 aromatic rings. The van der Waals surface area contributed by atoms with Crippen LogP contribution in [0.5, 0.6) is 5.75 Å². The first-order chi connectivity index (χ1) is 13.1. The van der Waals surface area contributed by atoms with Crippen LogP contribution in [0.15, 0.2) is 53.6 Å². The Balaban J connectivity index is 2.05. The molecule has 0 bridgehead atoms. The molecule has 28 heavy (non-hydrogen) atoms. The van der Waals surface area contributed by atoms with Crippen LogP contribution in [0.25, 0.3) is 0 Å². The van der Waals surface area contributed by atoms with Gasteiger partial charge in [0.05, 0.1) is 37.1 Å². The molecule has 0 saturated carbocycles. The smallest absolute Gasteiger partial charge is 0.247 e. The van der Waals surface area contributed by atoms with Crippen molar-refractivity contribution in [1.82, 2.24) is 4.41 Å². The van der Waals surface area contributed by atoms with Crippen LogP contribution in [0, 0.1) is 0 Å². The van der Waals surface area contributed by atoms with Gasteiger partial charge in [-0.3, -0.25) is 4.72 Å². The van der Waals surface area contributed by atoms with E-state index in [1.165, 1.54) is 7.11 Å². The number of hydrogen-bond acceptors (Lipinski definition) is 6. The zero-order valence-corrected chi connectivity index (χ0v) is 17.3. The largest absolute Gasteiger partial charge is 0.497 e. The molecule has 10 heteroatoms. The van der Waals surface area contributed by atoms with Gasteiger partial charge in [-0.05, 0) is 23.8 Å². The van der Waals surface area contributed by atoms with E-state index < -0.39 is 26.1 Å². The summed E-state index contributed by atoms with van der Waals surface area (Å²) in [5.41, 5.74) is 2.09. The maximum absolute atomic E-state index is 12.3. The average molecular weight is 424 g/mol. The van der Waals surface area contributed by atoms with Gasteiger partial charge in [0.1, 0.15) is 5.75 Å². The fraction of sp³-hybridized carbons (Fsp3) is 0.278. The topological polar surface area (TPSA) is 105 Å². The van der Waals surface area contributed by atoms with Crippen LogP contribution in [0.4, 0.5) is 5.69 Å². The summed E-state index contributed by atoms with van der Waals surface area (Å²) >= 11 is 0. The van der Waals surface area contributed by atoms with E-state index in [1.807, 2.05) is 6.07 Å². The highest BCUT2D eigenvalue weighted by atomic mass is 32.2. The van der Waals surface area contributed by atoms with Crippen LogP contribution in [0.3, 0.4) is 0 Å². The van der Waals surface area contributed by atoms with Crippen molar-refractivity contribution in [2.75, 3.05) is 24.3 Å². The number of nitrogens with zero attached hydrogens (tertiary/aromatic N) is 2. The molecule has 1 N–H and O–H groups in total. The number of sulfonamides is 2. The minimum absolute atomic E-state index is 0.294. The molecule has 3 rings (SSSR count). The molecule has 0 radical (unpaired) electrons. The van der Waals surface area contributed by atoms with E-state index in [0.717, 1.165) is 22.5 Å². The standard InChI is InChI=1S/C18H21N3O5S2/c1-26-14-8-6-7-13(11-14)18-12-17(19-21(18)28(3,24)25)15-9-4-5-10-16(15)20-27(2,22)23/h4-11,18,20H,12H2,1-3H3. The summed E-state index contributed by atoms with van der Waals surface area (Å²) in [6.45, 7) is 0. The van der Waals surface area contributed by atoms with Crippen molar-refractivity contribution < 1.29 is 21.6 Å². The van der Waals surface area contributed by atoms with Crippen LogP contribution in [-0.2, 0) is 20.0 Å². The third-order valence-corrected chi connectivity index (χ3v) is 5.83. The number of nitrogens with one attached hydrogen (secondary N) is 1. The van der Waals surface area contributed by atoms with Crippen molar-refractivity contribution in [2.45, 2.75) is 12.5 Å². The van der Waals surface area contributed by atoms with Gasteiger partial charge in [0.15, 0.2) is 0 Å². The number of benzene rings is 2. The number of hydrogen-bond donors (Lipinski definition) is 1. The first-order valence-electron chi connectivity index (χ1n) is 8.36. The van der Waals surface area contributed by atoms with Gasteiger partial charge < -0.3 is 4.74 Å². The Morgan fingerprint density at radius 3 is 2.43 bits per heavy atom. The van der Waals surface area contributed by atoms with E-state index in [0.29, 0.717) is 29.1 Å². The molecule has 0 saturated heterocycles. The molecule has 1 aliphatic heterocycles. The highest BCUT2D eigenvalue weighted by Gasteiger charge is 2.35. The number of rotatable bonds is 6. The molecule has 1 aliphatic rings. The zero-order chi connectivity index (χ0) is 20.5. The first kappa shape index (κ1) is 20.2. The minimum Gasteiger partial charge on any atom is -0.497 e. The van der Waals surface area contributed by atoms with Crippen molar-refractivity contribution in [1.29, 1.82) is 0 Å². The number of anilines is 1. The number of para-hydroxylation sites is 1.